The van der Waals surface area contributed by atoms with E-state index in [1.165, 1.54) is 32.1 Å². The van der Waals surface area contributed by atoms with Crippen LogP contribution in [0, 0.1) is 29.1 Å². The molecule has 2 aromatic rings. The van der Waals surface area contributed by atoms with Gasteiger partial charge in [-0.25, -0.2) is 0 Å². The molecule has 0 saturated heterocycles. The van der Waals surface area contributed by atoms with E-state index in [-0.39, 0.29) is 0 Å². The molecule has 4 N–H and O–H groups in total. The van der Waals surface area contributed by atoms with E-state index < -0.39 is 0 Å². The van der Waals surface area contributed by atoms with Gasteiger partial charge in [0.25, 0.3) is 0 Å². The van der Waals surface area contributed by atoms with Gasteiger partial charge in [-0.1, -0.05) is 24.3 Å². The number of rotatable bonds is 2. The molecule has 5 aliphatic rings. The molecule has 4 fully saturated rings. The van der Waals surface area contributed by atoms with E-state index in [4.69, 9.17) is 5.41 Å². The highest BCUT2D eigenvalue weighted by Gasteiger charge is 2.48. The van der Waals surface area contributed by atoms with Gasteiger partial charge < -0.3 is 15.7 Å². The van der Waals surface area contributed by atoms with E-state index in [0.717, 1.165) is 51.3 Å². The molecule has 7 rings (SSSR count). The molecule has 0 unspecified atom stereocenters. The van der Waals surface area contributed by atoms with Crippen LogP contribution in [0.5, 0.6) is 0 Å². The van der Waals surface area contributed by atoms with Gasteiger partial charge in [-0.05, 0) is 73.3 Å². The highest BCUT2D eigenvalue weighted by atomic mass is 16.3. The third kappa shape index (κ3) is 2.32. The number of aliphatic hydroxyl groups excluding tert-OH is 1. The second kappa shape index (κ2) is 5.51. The largest absolute Gasteiger partial charge is 0.507 e. The van der Waals surface area contributed by atoms with Crippen LogP contribution in [0.1, 0.15) is 43.2 Å². The zero-order chi connectivity index (χ0) is 18.1. The zero-order valence-electron chi connectivity index (χ0n) is 15.3. The van der Waals surface area contributed by atoms with Crippen LogP contribution in [0.3, 0.4) is 0 Å². The number of guanidine groups is 1. The summed E-state index contributed by atoms with van der Waals surface area (Å²) in [7, 11) is 0. The summed E-state index contributed by atoms with van der Waals surface area (Å²) >= 11 is 0. The molecule has 0 heterocycles. The minimum Gasteiger partial charge on any atom is -0.507 e. The predicted molar refractivity (Wildman–Crippen MR) is 110 cm³/mol. The van der Waals surface area contributed by atoms with Gasteiger partial charge in [0.05, 0.1) is 0 Å². The van der Waals surface area contributed by atoms with Gasteiger partial charge in [0, 0.05) is 28.2 Å². The summed E-state index contributed by atoms with van der Waals surface area (Å²) < 4.78 is 0. The average molecular weight is 359 g/mol. The van der Waals surface area contributed by atoms with E-state index in [2.05, 4.69) is 22.8 Å². The lowest BCUT2D eigenvalue weighted by molar-refractivity contribution is -0.00695. The molecule has 0 spiro atoms. The van der Waals surface area contributed by atoms with E-state index >= 15 is 0 Å². The molecule has 0 aliphatic heterocycles. The molecule has 4 heteroatoms. The van der Waals surface area contributed by atoms with Crippen molar-refractivity contribution in [2.45, 2.75) is 38.1 Å². The minimum atomic E-state index is 0.311. The fourth-order valence-electron chi connectivity index (χ4n) is 6.59. The molecule has 4 saturated carbocycles. The van der Waals surface area contributed by atoms with Gasteiger partial charge in [0.15, 0.2) is 5.96 Å². The quantitative estimate of drug-likeness (QED) is 0.452. The first-order valence-electron chi connectivity index (χ1n) is 10.2. The predicted octanol–water partition coefficient (Wildman–Crippen LogP) is 4.97. The molecule has 0 aromatic heterocycles. The number of hydrogen-bond acceptors (Lipinski definition) is 2. The SMILES string of the molecule is N=C(Nc1ccc2cccc3c2c1C=C3O)NC1C2CC3CC(C2)CC1C3. The summed E-state index contributed by atoms with van der Waals surface area (Å²) in [5.41, 5.74) is 2.75. The summed E-state index contributed by atoms with van der Waals surface area (Å²) in [6.45, 7) is 0. The van der Waals surface area contributed by atoms with Crippen LogP contribution in [-0.2, 0) is 0 Å². The van der Waals surface area contributed by atoms with Crippen molar-refractivity contribution >= 4 is 34.3 Å². The van der Waals surface area contributed by atoms with Crippen LogP contribution >= 0.6 is 0 Å². The Labute approximate surface area is 159 Å². The smallest absolute Gasteiger partial charge is 0.193 e. The standard InChI is InChI=1S/C23H25N3O/c24-23(26-22-15-7-12-6-13(9-15)10-16(22)8-12)25-19-5-4-14-2-1-3-17-20(27)11-18(19)21(14)17/h1-5,11-13,15-16,22,27H,6-10H2,(H3,24,25,26). The molecule has 5 aliphatic carbocycles. The fraction of sp³-hybridized carbons (Fsp3) is 0.435. The number of aliphatic hydroxyl groups is 1. The van der Waals surface area contributed by atoms with Gasteiger partial charge in [0.2, 0.25) is 0 Å². The van der Waals surface area contributed by atoms with Crippen molar-refractivity contribution in [1.29, 1.82) is 5.41 Å². The van der Waals surface area contributed by atoms with Crippen LogP contribution in [0.25, 0.3) is 22.6 Å². The zero-order valence-corrected chi connectivity index (χ0v) is 15.3. The number of nitrogens with one attached hydrogen (secondary N) is 3. The number of hydrogen-bond donors (Lipinski definition) is 4. The Morgan fingerprint density at radius 2 is 1.70 bits per heavy atom. The van der Waals surface area contributed by atoms with Gasteiger partial charge in [0.1, 0.15) is 5.76 Å². The highest BCUT2D eigenvalue weighted by Crippen LogP contribution is 2.53. The van der Waals surface area contributed by atoms with Crippen LogP contribution in [-0.4, -0.2) is 17.1 Å². The Balaban J connectivity index is 1.25. The van der Waals surface area contributed by atoms with Crippen LogP contribution in [0.15, 0.2) is 30.3 Å². The van der Waals surface area contributed by atoms with Gasteiger partial charge >= 0.3 is 0 Å². The third-order valence-electron chi connectivity index (χ3n) is 7.44. The summed E-state index contributed by atoms with van der Waals surface area (Å²) in [5.74, 6) is 4.07. The van der Waals surface area contributed by atoms with Gasteiger partial charge in [-0.15, -0.1) is 0 Å². The van der Waals surface area contributed by atoms with Crippen LogP contribution in [0.4, 0.5) is 5.69 Å². The van der Waals surface area contributed by atoms with Crippen molar-refractivity contribution in [1.82, 2.24) is 5.32 Å². The molecular formula is C23H25N3O. The first kappa shape index (κ1) is 15.6. The Hall–Kier alpha value is -2.49. The van der Waals surface area contributed by atoms with Crippen molar-refractivity contribution in [2.75, 3.05) is 5.32 Å². The van der Waals surface area contributed by atoms with Gasteiger partial charge in [-0.2, -0.15) is 0 Å². The molecule has 0 radical (unpaired) electrons. The lowest BCUT2D eigenvalue weighted by atomic mass is 9.54. The number of anilines is 1. The first-order valence-corrected chi connectivity index (χ1v) is 10.2. The highest BCUT2D eigenvalue weighted by molar-refractivity contribution is 6.12. The third-order valence-corrected chi connectivity index (χ3v) is 7.44. The van der Waals surface area contributed by atoms with E-state index in [1.807, 2.05) is 24.3 Å². The summed E-state index contributed by atoms with van der Waals surface area (Å²) in [6.07, 6.45) is 8.65. The van der Waals surface area contributed by atoms with Crippen molar-refractivity contribution in [3.63, 3.8) is 0 Å². The maximum Gasteiger partial charge on any atom is 0.193 e. The average Bonchev–Trinajstić information content (AvgIpc) is 2.99. The summed E-state index contributed by atoms with van der Waals surface area (Å²) in [4.78, 5) is 0. The maximum absolute atomic E-state index is 10.3. The Morgan fingerprint density at radius 3 is 2.44 bits per heavy atom. The van der Waals surface area contributed by atoms with Crippen molar-refractivity contribution in [3.8, 4) is 0 Å². The second-order valence-corrected chi connectivity index (χ2v) is 9.06. The lowest BCUT2D eigenvalue weighted by Crippen LogP contribution is -2.56. The minimum absolute atomic E-state index is 0.311. The monoisotopic (exact) mass is 359 g/mol. The molecule has 4 nitrogen and oxygen atoms in total. The van der Waals surface area contributed by atoms with Crippen molar-refractivity contribution < 1.29 is 5.11 Å². The maximum atomic E-state index is 10.3. The fourth-order valence-corrected chi connectivity index (χ4v) is 6.59. The topological polar surface area (TPSA) is 68.1 Å². The molecule has 0 amide bonds. The number of benzene rings is 2. The van der Waals surface area contributed by atoms with Crippen molar-refractivity contribution in [3.05, 3.63) is 41.5 Å². The first-order chi connectivity index (χ1) is 13.2. The van der Waals surface area contributed by atoms with E-state index in [0.29, 0.717) is 17.8 Å². The Morgan fingerprint density at radius 1 is 0.963 bits per heavy atom. The molecule has 138 valence electrons. The lowest BCUT2D eigenvalue weighted by Gasteiger charge is -2.54. The van der Waals surface area contributed by atoms with Gasteiger partial charge in [-0.3, -0.25) is 5.41 Å². The van der Waals surface area contributed by atoms with E-state index in [9.17, 15) is 5.11 Å². The summed E-state index contributed by atoms with van der Waals surface area (Å²) in [5, 5.41) is 27.8. The van der Waals surface area contributed by atoms with Crippen LogP contribution in [0.2, 0.25) is 0 Å². The Bertz CT molecular complexity index is 965. The van der Waals surface area contributed by atoms with Crippen LogP contribution < -0.4 is 10.6 Å². The normalized spacial score (nSPS) is 32.6. The molecule has 0 atom stereocenters. The molecule has 4 bridgehead atoms. The van der Waals surface area contributed by atoms with E-state index in [1.54, 1.807) is 0 Å². The molecular weight excluding hydrogens is 334 g/mol. The second-order valence-electron chi connectivity index (χ2n) is 9.06. The Kier molecular flexibility index (Phi) is 3.17. The molecule has 2 aromatic carbocycles. The summed E-state index contributed by atoms with van der Waals surface area (Å²) in [6, 6.07) is 10.5. The molecule has 27 heavy (non-hydrogen) atoms. The van der Waals surface area contributed by atoms with Crippen molar-refractivity contribution in [2.24, 2.45) is 23.7 Å².